The van der Waals surface area contributed by atoms with E-state index in [1.54, 1.807) is 91.9 Å². The fourth-order valence-corrected chi connectivity index (χ4v) is 23.6. The zero-order chi connectivity index (χ0) is 103. The van der Waals surface area contributed by atoms with Gasteiger partial charge in [-0.2, -0.15) is 0 Å². The maximum absolute atomic E-state index is 13.8. The van der Waals surface area contributed by atoms with Crippen LogP contribution in [-0.4, -0.2) is 226 Å². The number of aryl methyl sites for hydroxylation is 4. The van der Waals surface area contributed by atoms with Crippen molar-refractivity contribution < 1.29 is 32.9 Å². The molecule has 148 heavy (non-hydrogen) atoms. The number of anilines is 4. The molecular formula is C106H106N27O11S4+. The van der Waals surface area contributed by atoms with E-state index in [0.717, 1.165) is 177 Å². The van der Waals surface area contributed by atoms with Gasteiger partial charge >= 0.3 is 0 Å². The number of para-hydroxylation sites is 4. The Labute approximate surface area is 860 Å². The average molecular weight is 2060 g/mol. The van der Waals surface area contributed by atoms with Crippen LogP contribution in [0.2, 0.25) is 0 Å². The number of rotatable bonds is 19. The third-order valence-electron chi connectivity index (χ3n) is 26.5. The van der Waals surface area contributed by atoms with Crippen molar-refractivity contribution in [3.05, 3.63) is 309 Å². The van der Waals surface area contributed by atoms with E-state index in [1.165, 1.54) is 52.6 Å². The molecule has 4 aliphatic heterocycles. The molecule has 0 radical (unpaired) electrons. The number of aliphatic hydroxyl groups excluding tert-OH is 1. The third-order valence-corrected chi connectivity index (χ3v) is 31.4. The van der Waals surface area contributed by atoms with Crippen molar-refractivity contribution in [3.63, 3.8) is 0 Å². The number of nitrogens with one attached hydrogen (secondary N) is 6. The maximum atomic E-state index is 13.8. The van der Waals surface area contributed by atoms with Gasteiger partial charge < -0.3 is 66.1 Å². The van der Waals surface area contributed by atoms with Crippen molar-refractivity contribution in [2.45, 2.75) is 103 Å². The Bertz CT molecular complexity index is 8800. The molecule has 0 aliphatic carbocycles. The lowest BCUT2D eigenvalue weighted by Gasteiger charge is -2.22. The SMILES string of the molecule is CCCCNc1ccc2c(=O)c(C(=O)NCc3cnc(C)cn3)c3sc4ccccc4n3c2n1.Cc1c[n+](=O)c(CNC(=O)c2c(=O)c3ccc(N4CCCN(C)CC4)nc3n3c2sc2ccccc23)c[nH]1.Cc1cnc(C(O)NC(=O)c2c(=O)c3ccc(N4CCCN(C)CC4)nc3n3c2sc2ccccc23)cn1.Cc1cnc(CNC(=O)c2c3n(c4nc(N5CCCN(C)CC5)ccc4c2=O)-c2ccccc2S3=O)cn1. The monoisotopic (exact) mass is 2060 g/mol. The molecule has 0 spiro atoms. The number of amides is 4. The van der Waals surface area contributed by atoms with Gasteiger partial charge in [0.1, 0.15) is 88.1 Å². The topological polar surface area (TPSA) is 439 Å². The number of carbonyl (C=O) groups excluding carboxylic acids is 4. The zero-order valence-corrected chi connectivity index (χ0v) is 85.7. The van der Waals surface area contributed by atoms with E-state index in [-0.39, 0.29) is 63.5 Å². The molecule has 3 saturated heterocycles. The summed E-state index contributed by atoms with van der Waals surface area (Å²) < 4.78 is 24.7. The van der Waals surface area contributed by atoms with Gasteiger partial charge in [0.2, 0.25) is 27.9 Å². The number of hydrogen-bond donors (Lipinski definition) is 7. The number of fused-ring (bicyclic) bond motifs is 20. The van der Waals surface area contributed by atoms with E-state index < -0.39 is 51.5 Å². The standard InChI is InChI=1S/3C27H27N7O3S.C25H24N6O2S/c1-17-16-33(37)18(14-28-17)15-29-26(36)23-24(35)19-8-9-22(32-11-5-10-31(2)12-13-32)30-25(19)34-20-6-3-4-7-21(20)38-27(23)34;1-17-14-29-18(15-28-17)16-30-26(36)23-24(35)19-8-9-22(33-11-5-10-32(2)12-13-33)31-25(19)34-20-6-3-4-7-21(20)38(37)27(23)34;1-16-14-29-18(15-28-16)25(36)31-26(37)22-23(35)17-8-9-21(33-11-5-10-32(2)12-13-33)30-24(17)34-19-6-3-4-7-20(19)38-27(22)34;1-3-4-11-26-20-10-9-17-22(32)21(24(33)29-14-16-13-27-15(2)12-28-16)25-31(23(17)30-20)18-7-5-6-8-19(18)34-25/h3-4,6-9,14,16H,5,10-13,15H2,1-2H3,(H-,28,29,36,37);3-4,6-9,14-15H,5,10-13,16H2,1-2H3,(H,30,36);3-4,6-9,14-15,25,36H,5,10-13H2,1-2H3,(H,31,37);5-10,12-13H,3-4,11,14H2,1-2H3,(H,26,30)(H,29,33)/p+1. The maximum Gasteiger partial charge on any atom is 0.274 e. The summed E-state index contributed by atoms with van der Waals surface area (Å²) in [6.07, 6.45) is 16.1. The Morgan fingerprint density at radius 1 is 0.453 bits per heavy atom. The first-order chi connectivity index (χ1) is 71.8. The number of aromatic nitrogens is 16. The van der Waals surface area contributed by atoms with Gasteiger partial charge in [0.15, 0.2) is 28.8 Å². The summed E-state index contributed by atoms with van der Waals surface area (Å²) in [5.41, 5.74) is 8.32. The van der Waals surface area contributed by atoms with Gasteiger partial charge in [0.05, 0.1) is 139 Å². The van der Waals surface area contributed by atoms with Crippen LogP contribution in [0.1, 0.15) is 132 Å². The van der Waals surface area contributed by atoms with Crippen LogP contribution < -0.4 is 67.4 Å². The highest BCUT2D eigenvalue weighted by Crippen LogP contribution is 2.40. The Morgan fingerprint density at radius 3 is 1.32 bits per heavy atom. The predicted octanol–water partition coefficient (Wildman–Crippen LogP) is 11.7. The van der Waals surface area contributed by atoms with Crippen molar-refractivity contribution >= 4 is 181 Å². The Hall–Kier alpha value is -15.8. The van der Waals surface area contributed by atoms with Crippen LogP contribution >= 0.6 is 34.0 Å². The van der Waals surface area contributed by atoms with E-state index in [2.05, 4.69) is 119 Å². The number of pyridine rings is 8. The molecule has 7 N–H and O–H groups in total. The number of aliphatic hydroxyl groups is 1. The molecule has 38 nitrogen and oxygen atoms in total. The van der Waals surface area contributed by atoms with Crippen LogP contribution in [0.15, 0.2) is 224 Å². The summed E-state index contributed by atoms with van der Waals surface area (Å²) in [4.78, 5) is 184. The lowest BCUT2D eigenvalue weighted by molar-refractivity contribution is -0.506. The summed E-state index contributed by atoms with van der Waals surface area (Å²) in [7, 11) is 4.62. The fourth-order valence-electron chi connectivity index (χ4n) is 18.6. The van der Waals surface area contributed by atoms with Gasteiger partial charge in [-0.1, -0.05) is 61.9 Å². The number of nitrogens with zero attached hydrogens (tertiary/aromatic N) is 21. The number of aromatic amines is 1. The van der Waals surface area contributed by atoms with Crippen molar-refractivity contribution in [2.75, 3.05) is 126 Å². The first kappa shape index (κ1) is 99.5. The minimum atomic E-state index is -1.73. The molecule has 3 fully saturated rings. The van der Waals surface area contributed by atoms with Crippen LogP contribution in [0, 0.1) is 32.6 Å². The van der Waals surface area contributed by atoms with Crippen molar-refractivity contribution in [1.82, 2.24) is 109 Å². The number of unbranched alkanes of at least 4 members (excludes halogenated alkanes) is 1. The van der Waals surface area contributed by atoms with E-state index in [9.17, 15) is 52.6 Å². The second kappa shape index (κ2) is 43.1. The number of likely N-dealkylation sites (N-methyl/N-ethyl adjacent to an activating group) is 3. The Morgan fingerprint density at radius 2 is 0.865 bits per heavy atom. The van der Waals surface area contributed by atoms with Gasteiger partial charge in [-0.3, -0.25) is 86.0 Å². The molecule has 4 aliphatic rings. The number of benzene rings is 4. The summed E-state index contributed by atoms with van der Waals surface area (Å²) in [6, 6.07) is 45.0. The van der Waals surface area contributed by atoms with Gasteiger partial charge in [0, 0.05) is 88.9 Å². The van der Waals surface area contributed by atoms with E-state index in [1.807, 2.05) is 130 Å². The van der Waals surface area contributed by atoms with Crippen LogP contribution in [0.4, 0.5) is 23.3 Å². The van der Waals surface area contributed by atoms with Crippen molar-refractivity contribution in [3.8, 4) is 5.69 Å². The van der Waals surface area contributed by atoms with E-state index in [0.29, 0.717) is 108 Å². The first-order valence-corrected chi connectivity index (χ1v) is 52.4. The van der Waals surface area contributed by atoms with Gasteiger partial charge in [-0.25, -0.2) is 24.1 Å². The minimum absolute atomic E-state index is 0.0196. The molecule has 2 atom stereocenters. The van der Waals surface area contributed by atoms with Gasteiger partial charge in [0.25, 0.3) is 29.3 Å². The van der Waals surface area contributed by atoms with Crippen molar-refractivity contribution in [1.29, 1.82) is 0 Å². The number of H-pyrrole nitrogens is 1. The molecule has 4 amide bonds. The lowest BCUT2D eigenvalue weighted by atomic mass is 10.1. The molecule has 42 heteroatoms. The molecular weight excluding hydrogens is 1960 g/mol. The molecule has 0 bridgehead atoms. The lowest BCUT2D eigenvalue weighted by Crippen LogP contribution is -2.33. The number of hydrogen-bond acceptors (Lipinski definition) is 31. The summed E-state index contributed by atoms with van der Waals surface area (Å²) in [5, 5.41) is 26.4. The Balaban J connectivity index is 0.000000120. The van der Waals surface area contributed by atoms with Crippen LogP contribution in [-0.2, 0) is 30.4 Å². The van der Waals surface area contributed by atoms with Crippen LogP contribution in [0.5, 0.6) is 0 Å². The zero-order valence-electron chi connectivity index (χ0n) is 82.5. The first-order valence-electron chi connectivity index (χ1n) is 48.8. The number of carbonyl (C=O) groups is 4. The highest BCUT2D eigenvalue weighted by Gasteiger charge is 2.37. The van der Waals surface area contributed by atoms with Gasteiger partial charge in [-0.05, 0) is 191 Å². The molecule has 4 aromatic carbocycles. The fraction of sp³-hybridized carbons (Fsp3) is 0.283. The normalized spacial score (nSPS) is 14.9. The average Bonchev–Trinajstić information content (AvgIpc) is 1.56. The molecule has 754 valence electrons. The minimum Gasteiger partial charge on any atom is -0.370 e. The van der Waals surface area contributed by atoms with Gasteiger partial charge in [-0.15, -0.1) is 34.0 Å². The quantitative estimate of drug-likeness (QED) is 0.0225. The Kier molecular flexibility index (Phi) is 29.0. The van der Waals surface area contributed by atoms with Crippen LogP contribution in [0.3, 0.4) is 0 Å². The van der Waals surface area contributed by atoms with Crippen LogP contribution in [0.25, 0.3) is 95.0 Å². The highest BCUT2D eigenvalue weighted by atomic mass is 32.2. The third kappa shape index (κ3) is 20.2. The largest absolute Gasteiger partial charge is 0.370 e. The number of thiazole rings is 3. The van der Waals surface area contributed by atoms with E-state index >= 15 is 0 Å². The molecule has 23 rings (SSSR count). The summed E-state index contributed by atoms with van der Waals surface area (Å²) >= 11 is 4.14. The second-order valence-electron chi connectivity index (χ2n) is 36.9. The van der Waals surface area contributed by atoms with Crippen molar-refractivity contribution in [2.24, 2.45) is 0 Å². The molecule has 15 aromatic heterocycles. The molecule has 19 heterocycles. The summed E-state index contributed by atoms with van der Waals surface area (Å²) in [6.45, 7) is 21.4. The highest BCUT2D eigenvalue weighted by molar-refractivity contribution is 7.85. The molecule has 2 unspecified atom stereocenters. The predicted molar refractivity (Wildman–Crippen MR) is 577 cm³/mol. The van der Waals surface area contributed by atoms with E-state index in [4.69, 9.17) is 19.9 Å². The molecule has 19 aromatic rings. The second-order valence-corrected chi connectivity index (χ2v) is 41.4. The summed E-state index contributed by atoms with van der Waals surface area (Å²) in [5.74, 6) is 0.835. The molecule has 0 saturated carbocycles. The smallest absolute Gasteiger partial charge is 0.274 e.